The second-order valence-corrected chi connectivity index (χ2v) is 4.83. The smallest absolute Gasteiger partial charge is 0.337 e. The van der Waals surface area contributed by atoms with Gasteiger partial charge >= 0.3 is 5.97 Å². The van der Waals surface area contributed by atoms with Crippen LogP contribution in [0.3, 0.4) is 0 Å². The van der Waals surface area contributed by atoms with Crippen LogP contribution in [0.5, 0.6) is 0 Å². The normalized spacial score (nSPS) is 10.3. The Hall–Kier alpha value is -2.12. The van der Waals surface area contributed by atoms with Crippen LogP contribution in [0, 0.1) is 0 Å². The highest BCUT2D eigenvalue weighted by Crippen LogP contribution is 2.22. The monoisotopic (exact) mass is 338 g/mol. The fraction of sp³-hybridized carbons (Fsp3) is 0.0769. The maximum atomic E-state index is 12.0. The number of hydrogen-bond donors (Lipinski definition) is 3. The number of hydrogen-bond acceptors (Lipinski definition) is 4. The zero-order valence-corrected chi connectivity index (χ0v) is 11.8. The molecular weight excluding hydrogens is 328 g/mol. The van der Waals surface area contributed by atoms with Crippen LogP contribution in [0.1, 0.15) is 26.7 Å². The van der Waals surface area contributed by atoms with E-state index in [0.29, 0.717) is 10.2 Å². The van der Waals surface area contributed by atoms with Crippen molar-refractivity contribution < 1.29 is 19.1 Å². The molecule has 2 aromatic rings. The van der Waals surface area contributed by atoms with Gasteiger partial charge in [0.1, 0.15) is 5.76 Å². The highest BCUT2D eigenvalue weighted by atomic mass is 79.9. The summed E-state index contributed by atoms with van der Waals surface area (Å²) in [6.45, 7) is 0.185. The van der Waals surface area contributed by atoms with Crippen molar-refractivity contribution in [2.75, 3.05) is 5.32 Å². The molecule has 0 aliphatic heterocycles. The van der Waals surface area contributed by atoms with Gasteiger partial charge in [0.25, 0.3) is 5.91 Å². The van der Waals surface area contributed by atoms with Gasteiger partial charge in [-0.05, 0) is 30.3 Å². The van der Waals surface area contributed by atoms with Crippen molar-refractivity contribution in [1.29, 1.82) is 0 Å². The molecule has 1 aromatic heterocycles. The molecule has 2 rings (SSSR count). The summed E-state index contributed by atoms with van der Waals surface area (Å²) in [6.07, 6.45) is 0. The molecule has 0 atom stereocenters. The number of benzene rings is 1. The van der Waals surface area contributed by atoms with Crippen molar-refractivity contribution in [2.24, 2.45) is 5.73 Å². The molecule has 20 heavy (non-hydrogen) atoms. The van der Waals surface area contributed by atoms with E-state index in [1.807, 2.05) is 0 Å². The average Bonchev–Trinajstić information content (AvgIpc) is 2.87. The van der Waals surface area contributed by atoms with E-state index in [1.165, 1.54) is 18.2 Å². The largest absolute Gasteiger partial charge is 0.478 e. The number of nitrogens with two attached hydrogens (primary N) is 1. The number of anilines is 1. The first-order valence-corrected chi connectivity index (χ1v) is 6.43. The number of carboxylic acids is 1. The van der Waals surface area contributed by atoms with Crippen LogP contribution in [0.2, 0.25) is 0 Å². The molecule has 104 valence electrons. The summed E-state index contributed by atoms with van der Waals surface area (Å²) in [5.74, 6) is -1.12. The minimum absolute atomic E-state index is 0.00726. The molecule has 7 heteroatoms. The van der Waals surface area contributed by atoms with E-state index < -0.39 is 11.9 Å². The molecule has 0 saturated heterocycles. The first-order chi connectivity index (χ1) is 9.51. The molecule has 0 spiro atoms. The lowest BCUT2D eigenvalue weighted by Crippen LogP contribution is -2.14. The lowest BCUT2D eigenvalue weighted by atomic mass is 10.2. The van der Waals surface area contributed by atoms with Gasteiger partial charge in [0.05, 0.1) is 17.8 Å². The maximum Gasteiger partial charge on any atom is 0.337 e. The third-order valence-corrected chi connectivity index (χ3v) is 3.04. The molecular formula is C13H11BrN2O4. The van der Waals surface area contributed by atoms with E-state index in [9.17, 15) is 9.59 Å². The SMILES string of the molecule is NCc1ccc(C(=O)Nc2cc(Br)ccc2C(=O)O)o1. The summed E-state index contributed by atoms with van der Waals surface area (Å²) in [6, 6.07) is 7.56. The van der Waals surface area contributed by atoms with E-state index in [0.717, 1.165) is 0 Å². The molecule has 0 bridgehead atoms. The molecule has 1 aromatic carbocycles. The second kappa shape index (κ2) is 5.89. The van der Waals surface area contributed by atoms with Crippen LogP contribution < -0.4 is 11.1 Å². The standard InChI is InChI=1S/C13H11BrN2O4/c14-7-1-3-9(13(18)19)10(5-7)16-12(17)11-4-2-8(6-15)20-11/h1-5H,6,15H2,(H,16,17)(H,18,19). The van der Waals surface area contributed by atoms with Crippen molar-refractivity contribution in [3.63, 3.8) is 0 Å². The van der Waals surface area contributed by atoms with Gasteiger partial charge < -0.3 is 20.6 Å². The maximum absolute atomic E-state index is 12.0. The minimum Gasteiger partial charge on any atom is -0.478 e. The van der Waals surface area contributed by atoms with Crippen LogP contribution in [0.15, 0.2) is 39.2 Å². The Balaban J connectivity index is 2.27. The van der Waals surface area contributed by atoms with Crippen LogP contribution in [-0.4, -0.2) is 17.0 Å². The zero-order valence-electron chi connectivity index (χ0n) is 10.2. The lowest BCUT2D eigenvalue weighted by molar-refractivity contribution is 0.0698. The number of rotatable bonds is 4. The second-order valence-electron chi connectivity index (χ2n) is 3.92. The average molecular weight is 339 g/mol. The van der Waals surface area contributed by atoms with Crippen molar-refractivity contribution in [3.8, 4) is 0 Å². The summed E-state index contributed by atoms with van der Waals surface area (Å²) in [7, 11) is 0. The Morgan fingerprint density at radius 2 is 2.05 bits per heavy atom. The summed E-state index contributed by atoms with van der Waals surface area (Å²) in [5, 5.41) is 11.6. The molecule has 4 N–H and O–H groups in total. The van der Waals surface area contributed by atoms with Gasteiger partial charge in [-0.2, -0.15) is 0 Å². The zero-order chi connectivity index (χ0) is 14.7. The quantitative estimate of drug-likeness (QED) is 0.793. The van der Waals surface area contributed by atoms with Crippen LogP contribution in [0.25, 0.3) is 0 Å². The van der Waals surface area contributed by atoms with Gasteiger partial charge in [0.2, 0.25) is 0 Å². The molecule has 0 radical (unpaired) electrons. The first-order valence-electron chi connectivity index (χ1n) is 5.64. The van der Waals surface area contributed by atoms with Crippen LogP contribution in [0.4, 0.5) is 5.69 Å². The Labute approximate surface area is 122 Å². The number of carbonyl (C=O) groups excluding carboxylic acids is 1. The molecule has 1 amide bonds. The van der Waals surface area contributed by atoms with Gasteiger partial charge in [-0.15, -0.1) is 0 Å². The topological polar surface area (TPSA) is 106 Å². The summed E-state index contributed by atoms with van der Waals surface area (Å²) in [4.78, 5) is 23.1. The van der Waals surface area contributed by atoms with Gasteiger partial charge in [-0.25, -0.2) is 4.79 Å². The molecule has 0 saturated carbocycles. The van der Waals surface area contributed by atoms with Gasteiger partial charge in [-0.3, -0.25) is 4.79 Å². The van der Waals surface area contributed by atoms with Gasteiger partial charge in [-0.1, -0.05) is 15.9 Å². The molecule has 0 fully saturated rings. The third-order valence-electron chi connectivity index (χ3n) is 2.55. The highest BCUT2D eigenvalue weighted by molar-refractivity contribution is 9.10. The fourth-order valence-electron chi connectivity index (χ4n) is 1.60. The Morgan fingerprint density at radius 3 is 2.65 bits per heavy atom. The van der Waals surface area contributed by atoms with Crippen molar-refractivity contribution in [3.05, 3.63) is 51.9 Å². The van der Waals surface area contributed by atoms with Gasteiger partial charge in [0.15, 0.2) is 5.76 Å². The minimum atomic E-state index is -1.13. The Bertz CT molecular complexity index is 666. The van der Waals surface area contributed by atoms with E-state index in [4.69, 9.17) is 15.3 Å². The summed E-state index contributed by atoms with van der Waals surface area (Å²) < 4.78 is 5.85. The molecule has 0 aliphatic rings. The Morgan fingerprint density at radius 1 is 1.30 bits per heavy atom. The summed E-state index contributed by atoms with van der Waals surface area (Å²) >= 11 is 3.22. The summed E-state index contributed by atoms with van der Waals surface area (Å²) in [5.41, 5.74) is 5.57. The first kappa shape index (κ1) is 14.3. The number of furan rings is 1. The molecule has 1 heterocycles. The molecule has 0 aliphatic carbocycles. The lowest BCUT2D eigenvalue weighted by Gasteiger charge is -2.07. The predicted molar refractivity (Wildman–Crippen MR) is 75.7 cm³/mol. The van der Waals surface area contributed by atoms with Crippen LogP contribution >= 0.6 is 15.9 Å². The third kappa shape index (κ3) is 3.06. The van der Waals surface area contributed by atoms with Crippen molar-refractivity contribution >= 4 is 33.5 Å². The Kier molecular flexibility index (Phi) is 4.21. The van der Waals surface area contributed by atoms with Gasteiger partial charge in [0, 0.05) is 4.47 Å². The van der Waals surface area contributed by atoms with E-state index in [-0.39, 0.29) is 23.6 Å². The van der Waals surface area contributed by atoms with E-state index in [1.54, 1.807) is 12.1 Å². The number of nitrogens with one attached hydrogen (secondary N) is 1. The van der Waals surface area contributed by atoms with Crippen LogP contribution in [-0.2, 0) is 6.54 Å². The molecule has 0 unspecified atom stereocenters. The number of aromatic carboxylic acids is 1. The highest BCUT2D eigenvalue weighted by Gasteiger charge is 2.16. The number of amides is 1. The predicted octanol–water partition coefficient (Wildman–Crippen LogP) is 2.45. The molecule has 6 nitrogen and oxygen atoms in total. The van der Waals surface area contributed by atoms with E-state index >= 15 is 0 Å². The fourth-order valence-corrected chi connectivity index (χ4v) is 1.96. The number of carboxylic acid groups (broad SMARTS) is 1. The van der Waals surface area contributed by atoms with E-state index in [2.05, 4.69) is 21.2 Å². The number of carbonyl (C=O) groups is 2. The van der Waals surface area contributed by atoms with Crippen molar-refractivity contribution in [2.45, 2.75) is 6.54 Å². The van der Waals surface area contributed by atoms with Crippen molar-refractivity contribution in [1.82, 2.24) is 0 Å². The number of halogens is 1.